The highest BCUT2D eigenvalue weighted by molar-refractivity contribution is 8.13. The van der Waals surface area contributed by atoms with Crippen LogP contribution in [0.2, 0.25) is 0 Å². The summed E-state index contributed by atoms with van der Waals surface area (Å²) in [6.07, 6.45) is 1.61. The summed E-state index contributed by atoms with van der Waals surface area (Å²) < 4.78 is 22.5. The van der Waals surface area contributed by atoms with Gasteiger partial charge in [0.1, 0.15) is 0 Å². The van der Waals surface area contributed by atoms with Crippen molar-refractivity contribution in [3.63, 3.8) is 0 Å². The average Bonchev–Trinajstić information content (AvgIpc) is 2.97. The van der Waals surface area contributed by atoms with Gasteiger partial charge in [0, 0.05) is 21.8 Å². The molecule has 6 heteroatoms. The van der Waals surface area contributed by atoms with E-state index in [0.717, 1.165) is 22.5 Å². The Morgan fingerprint density at radius 2 is 1.57 bits per heavy atom. The van der Waals surface area contributed by atoms with Crippen LogP contribution in [-0.4, -0.2) is 18.4 Å². The minimum atomic E-state index is -3.70. The highest BCUT2D eigenvalue weighted by atomic mass is 35.7. The van der Waals surface area contributed by atoms with Crippen molar-refractivity contribution >= 4 is 19.7 Å². The van der Waals surface area contributed by atoms with E-state index in [4.69, 9.17) is 10.7 Å². The summed E-state index contributed by atoms with van der Waals surface area (Å²) in [5, 5.41) is 0. The van der Waals surface area contributed by atoms with Crippen LogP contribution in [0.25, 0.3) is 22.5 Å². The zero-order valence-corrected chi connectivity index (χ0v) is 12.4. The van der Waals surface area contributed by atoms with Crippen LogP contribution in [0.15, 0.2) is 65.8 Å². The molecule has 0 spiro atoms. The fourth-order valence-electron chi connectivity index (χ4n) is 2.11. The van der Waals surface area contributed by atoms with Gasteiger partial charge in [0.25, 0.3) is 9.05 Å². The van der Waals surface area contributed by atoms with Gasteiger partial charge in [-0.15, -0.1) is 0 Å². The Labute approximate surface area is 126 Å². The fraction of sp³-hybridized carbons (Fsp3) is 0. The lowest BCUT2D eigenvalue weighted by Crippen LogP contribution is -1.90. The molecule has 0 saturated heterocycles. The maximum Gasteiger partial charge on any atom is 0.261 e. The lowest BCUT2D eigenvalue weighted by Gasteiger charge is -2.04. The highest BCUT2D eigenvalue weighted by Gasteiger charge is 2.13. The maximum absolute atomic E-state index is 11.3. The normalized spacial score (nSPS) is 11.5. The number of hydrogen-bond donors (Lipinski definition) is 1. The number of aromatic amines is 1. The molecule has 0 atom stereocenters. The molecule has 0 saturated carbocycles. The van der Waals surface area contributed by atoms with Crippen LogP contribution in [0.3, 0.4) is 0 Å². The first kappa shape index (κ1) is 13.9. The van der Waals surface area contributed by atoms with Crippen LogP contribution < -0.4 is 0 Å². The summed E-state index contributed by atoms with van der Waals surface area (Å²) in [7, 11) is 1.61. The van der Waals surface area contributed by atoms with Crippen molar-refractivity contribution in [2.24, 2.45) is 0 Å². The van der Waals surface area contributed by atoms with Gasteiger partial charge >= 0.3 is 0 Å². The van der Waals surface area contributed by atoms with Crippen molar-refractivity contribution in [1.82, 2.24) is 9.97 Å². The number of hydrogen-bond acceptors (Lipinski definition) is 3. The summed E-state index contributed by atoms with van der Waals surface area (Å²) >= 11 is 0. The molecule has 0 amide bonds. The van der Waals surface area contributed by atoms with Gasteiger partial charge in [-0.1, -0.05) is 42.5 Å². The average molecular weight is 319 g/mol. The first-order chi connectivity index (χ1) is 10.1. The monoisotopic (exact) mass is 318 g/mol. The number of aromatic nitrogens is 2. The molecule has 3 rings (SSSR count). The van der Waals surface area contributed by atoms with E-state index in [-0.39, 0.29) is 4.90 Å². The van der Waals surface area contributed by atoms with Crippen molar-refractivity contribution in [3.05, 3.63) is 60.9 Å². The van der Waals surface area contributed by atoms with Crippen molar-refractivity contribution in [3.8, 4) is 22.5 Å². The van der Waals surface area contributed by atoms with E-state index in [2.05, 4.69) is 9.97 Å². The molecule has 0 bridgehead atoms. The summed E-state index contributed by atoms with van der Waals surface area (Å²) in [6.45, 7) is 0. The lowest BCUT2D eigenvalue weighted by atomic mass is 10.1. The van der Waals surface area contributed by atoms with Crippen molar-refractivity contribution in [1.29, 1.82) is 0 Å². The van der Waals surface area contributed by atoms with E-state index in [1.165, 1.54) is 12.1 Å². The smallest absolute Gasteiger partial charge is 0.261 e. The third kappa shape index (κ3) is 2.84. The summed E-state index contributed by atoms with van der Waals surface area (Å²) in [4.78, 5) is 7.50. The Kier molecular flexibility index (Phi) is 3.53. The zero-order valence-electron chi connectivity index (χ0n) is 10.8. The predicted octanol–water partition coefficient (Wildman–Crippen LogP) is 3.67. The molecule has 0 aliphatic carbocycles. The Bertz CT molecular complexity index is 856. The minimum Gasteiger partial charge on any atom is -0.344 e. The Morgan fingerprint density at radius 3 is 2.19 bits per heavy atom. The van der Waals surface area contributed by atoms with E-state index in [9.17, 15) is 8.42 Å². The number of H-pyrrole nitrogens is 1. The molecule has 0 unspecified atom stereocenters. The topological polar surface area (TPSA) is 62.8 Å². The number of nitrogens with zero attached hydrogens (tertiary/aromatic N) is 1. The van der Waals surface area contributed by atoms with E-state index < -0.39 is 9.05 Å². The summed E-state index contributed by atoms with van der Waals surface area (Å²) in [6, 6.07) is 16.1. The Morgan fingerprint density at radius 1 is 0.905 bits per heavy atom. The highest BCUT2D eigenvalue weighted by Crippen LogP contribution is 2.29. The van der Waals surface area contributed by atoms with Crippen LogP contribution >= 0.6 is 10.7 Å². The Hall–Kier alpha value is -2.11. The third-order valence-corrected chi connectivity index (χ3v) is 4.48. The van der Waals surface area contributed by atoms with E-state index in [1.807, 2.05) is 30.3 Å². The molecule has 2 aromatic carbocycles. The van der Waals surface area contributed by atoms with E-state index >= 15 is 0 Å². The van der Waals surface area contributed by atoms with Crippen LogP contribution in [0.1, 0.15) is 0 Å². The zero-order chi connectivity index (χ0) is 14.9. The summed E-state index contributed by atoms with van der Waals surface area (Å²) in [5.41, 5.74) is 3.48. The van der Waals surface area contributed by atoms with Gasteiger partial charge in [-0.05, 0) is 12.1 Å². The number of benzene rings is 2. The molecular formula is C15H11ClN2O2S. The third-order valence-electron chi connectivity index (χ3n) is 3.11. The second kappa shape index (κ2) is 5.35. The van der Waals surface area contributed by atoms with Gasteiger partial charge in [0.2, 0.25) is 0 Å². The van der Waals surface area contributed by atoms with Crippen LogP contribution in [0.4, 0.5) is 0 Å². The molecule has 1 N–H and O–H groups in total. The van der Waals surface area contributed by atoms with Gasteiger partial charge in [-0.2, -0.15) is 0 Å². The second-order valence-electron chi connectivity index (χ2n) is 4.45. The van der Waals surface area contributed by atoms with Gasteiger partial charge < -0.3 is 4.98 Å². The largest absolute Gasteiger partial charge is 0.344 e. The molecule has 1 heterocycles. The molecule has 1 aromatic heterocycles. The van der Waals surface area contributed by atoms with Crippen LogP contribution in [0, 0.1) is 0 Å². The van der Waals surface area contributed by atoms with Gasteiger partial charge in [0.15, 0.2) is 0 Å². The molecule has 0 radical (unpaired) electrons. The SMILES string of the molecule is O=S(=O)(Cl)c1ccc(-c2[nH]cnc2-c2ccccc2)cc1. The first-order valence-corrected chi connectivity index (χ1v) is 8.50. The van der Waals surface area contributed by atoms with E-state index in [0.29, 0.717) is 0 Å². The predicted molar refractivity (Wildman–Crippen MR) is 82.5 cm³/mol. The van der Waals surface area contributed by atoms with Gasteiger partial charge in [-0.25, -0.2) is 13.4 Å². The Balaban J connectivity index is 2.05. The quantitative estimate of drug-likeness (QED) is 0.749. The second-order valence-corrected chi connectivity index (χ2v) is 7.02. The van der Waals surface area contributed by atoms with E-state index in [1.54, 1.807) is 18.5 Å². The number of halogens is 1. The maximum atomic E-state index is 11.3. The number of imidazole rings is 1. The van der Waals surface area contributed by atoms with Gasteiger partial charge in [-0.3, -0.25) is 0 Å². The van der Waals surface area contributed by atoms with Crippen LogP contribution in [0.5, 0.6) is 0 Å². The van der Waals surface area contributed by atoms with Crippen molar-refractivity contribution in [2.45, 2.75) is 4.90 Å². The molecule has 0 aliphatic rings. The molecule has 4 nitrogen and oxygen atoms in total. The summed E-state index contributed by atoms with van der Waals surface area (Å²) in [5.74, 6) is 0. The molecule has 0 aliphatic heterocycles. The minimum absolute atomic E-state index is 0.0775. The van der Waals surface area contributed by atoms with Crippen molar-refractivity contribution < 1.29 is 8.42 Å². The van der Waals surface area contributed by atoms with Crippen molar-refractivity contribution in [2.75, 3.05) is 0 Å². The number of nitrogens with one attached hydrogen (secondary N) is 1. The first-order valence-electron chi connectivity index (χ1n) is 6.19. The molecule has 0 fully saturated rings. The molecule has 3 aromatic rings. The lowest BCUT2D eigenvalue weighted by molar-refractivity contribution is 0.609. The molecule has 106 valence electrons. The van der Waals surface area contributed by atoms with Gasteiger partial charge in [0.05, 0.1) is 22.6 Å². The van der Waals surface area contributed by atoms with Crippen LogP contribution in [-0.2, 0) is 9.05 Å². The standard InChI is InChI=1S/C15H11ClN2O2S/c16-21(19,20)13-8-6-12(7-9-13)15-14(17-10-18-15)11-4-2-1-3-5-11/h1-10H,(H,17,18). The molecule has 21 heavy (non-hydrogen) atoms. The molecular weight excluding hydrogens is 308 g/mol. The number of rotatable bonds is 3. The fourth-order valence-corrected chi connectivity index (χ4v) is 2.88.